The fourth-order valence-corrected chi connectivity index (χ4v) is 1.96. The molecular weight excluding hydrogens is 270 g/mol. The molecule has 1 N–H and O–H groups in total. The molecule has 0 radical (unpaired) electrons. The van der Waals surface area contributed by atoms with Gasteiger partial charge in [-0.3, -0.25) is 10.1 Å². The van der Waals surface area contributed by atoms with E-state index in [1.165, 1.54) is 12.1 Å². The maximum Gasteiger partial charge on any atom is 0.288 e. The van der Waals surface area contributed by atoms with Gasteiger partial charge in [0, 0.05) is 23.9 Å². The third-order valence-electron chi connectivity index (χ3n) is 2.79. The van der Waals surface area contributed by atoms with Crippen LogP contribution in [-0.4, -0.2) is 10.1 Å². The van der Waals surface area contributed by atoms with Gasteiger partial charge < -0.3 is 9.84 Å². The molecule has 2 aromatic rings. The van der Waals surface area contributed by atoms with Crippen LogP contribution >= 0.6 is 11.6 Å². The summed E-state index contributed by atoms with van der Waals surface area (Å²) >= 11 is 5.84. The summed E-state index contributed by atoms with van der Waals surface area (Å²) in [7, 11) is 0. The van der Waals surface area contributed by atoms with Crippen molar-refractivity contribution in [2.24, 2.45) is 0 Å². The molecule has 0 unspecified atom stereocenters. The molecule has 6 nitrogen and oxygen atoms in total. The highest BCUT2D eigenvalue weighted by atomic mass is 35.5. The van der Waals surface area contributed by atoms with E-state index in [1.807, 2.05) is 13.8 Å². The van der Waals surface area contributed by atoms with Crippen LogP contribution in [-0.2, 0) is 6.54 Å². The number of hydrogen-bond donors (Lipinski definition) is 1. The Hall–Kier alpha value is -2.08. The molecule has 1 aromatic heterocycles. The number of hydrogen-bond acceptors (Lipinski definition) is 5. The predicted octanol–water partition coefficient (Wildman–Crippen LogP) is 3.47. The van der Waals surface area contributed by atoms with Gasteiger partial charge in [0.25, 0.3) is 5.69 Å². The number of nitrogens with one attached hydrogen (secondary N) is 1. The van der Waals surface area contributed by atoms with Crippen molar-refractivity contribution in [2.75, 3.05) is 5.32 Å². The lowest BCUT2D eigenvalue weighted by atomic mass is 10.2. The third kappa shape index (κ3) is 2.85. The molecular formula is C12H12ClN3O3. The van der Waals surface area contributed by atoms with Crippen LogP contribution in [0.1, 0.15) is 17.0 Å². The second-order valence-corrected chi connectivity index (χ2v) is 4.49. The standard InChI is InChI=1S/C12H12ClN3O3/c1-7-10(8(2)19-15-7)6-14-9-3-4-12(16(17)18)11(13)5-9/h3-5,14H,6H2,1-2H3. The van der Waals surface area contributed by atoms with E-state index < -0.39 is 4.92 Å². The SMILES string of the molecule is Cc1noc(C)c1CNc1ccc([N+](=O)[O-])c(Cl)c1. The molecule has 0 saturated carbocycles. The van der Waals surface area contributed by atoms with Gasteiger partial charge >= 0.3 is 0 Å². The van der Waals surface area contributed by atoms with Crippen LogP contribution in [0.4, 0.5) is 11.4 Å². The minimum absolute atomic E-state index is 0.105. The fraction of sp³-hybridized carbons (Fsp3) is 0.250. The Labute approximate surface area is 114 Å². The smallest absolute Gasteiger partial charge is 0.288 e. The van der Waals surface area contributed by atoms with Gasteiger partial charge in [-0.25, -0.2) is 0 Å². The average Bonchev–Trinajstić information content (AvgIpc) is 2.66. The van der Waals surface area contributed by atoms with Crippen molar-refractivity contribution in [3.63, 3.8) is 0 Å². The number of rotatable bonds is 4. The molecule has 19 heavy (non-hydrogen) atoms. The van der Waals surface area contributed by atoms with Crippen LogP contribution in [0, 0.1) is 24.0 Å². The van der Waals surface area contributed by atoms with Gasteiger partial charge in [-0.15, -0.1) is 0 Å². The van der Waals surface area contributed by atoms with Gasteiger partial charge in [0.2, 0.25) is 0 Å². The predicted molar refractivity (Wildman–Crippen MR) is 71.4 cm³/mol. The summed E-state index contributed by atoms with van der Waals surface area (Å²) in [5, 5.41) is 17.7. The lowest BCUT2D eigenvalue weighted by molar-refractivity contribution is -0.384. The minimum Gasteiger partial charge on any atom is -0.381 e. The van der Waals surface area contributed by atoms with Crippen LogP contribution in [0.15, 0.2) is 22.7 Å². The number of aryl methyl sites for hydroxylation is 2. The first-order chi connectivity index (χ1) is 8.99. The number of anilines is 1. The molecule has 0 atom stereocenters. The molecule has 0 aliphatic rings. The normalized spacial score (nSPS) is 10.5. The molecule has 0 spiro atoms. The first kappa shape index (κ1) is 13.4. The van der Waals surface area contributed by atoms with Crippen molar-refractivity contribution >= 4 is 23.0 Å². The highest BCUT2D eigenvalue weighted by molar-refractivity contribution is 6.32. The quantitative estimate of drug-likeness (QED) is 0.685. The van der Waals surface area contributed by atoms with Crippen molar-refractivity contribution in [3.05, 3.63) is 50.4 Å². The van der Waals surface area contributed by atoms with E-state index in [0.717, 1.165) is 17.0 Å². The van der Waals surface area contributed by atoms with Crippen LogP contribution in [0.25, 0.3) is 0 Å². The molecule has 7 heteroatoms. The zero-order valence-electron chi connectivity index (χ0n) is 10.4. The van der Waals surface area contributed by atoms with Gasteiger partial charge in [0.05, 0.1) is 10.6 Å². The lowest BCUT2D eigenvalue weighted by Gasteiger charge is -2.06. The Morgan fingerprint density at radius 3 is 2.74 bits per heavy atom. The number of nitro groups is 1. The Morgan fingerprint density at radius 1 is 1.47 bits per heavy atom. The number of nitrogens with zero attached hydrogens (tertiary/aromatic N) is 2. The molecule has 0 bridgehead atoms. The van der Waals surface area contributed by atoms with Crippen LogP contribution < -0.4 is 5.32 Å². The molecule has 0 aliphatic carbocycles. The largest absolute Gasteiger partial charge is 0.381 e. The average molecular weight is 282 g/mol. The van der Waals surface area contributed by atoms with E-state index in [0.29, 0.717) is 12.2 Å². The maximum atomic E-state index is 10.6. The van der Waals surface area contributed by atoms with E-state index in [9.17, 15) is 10.1 Å². The zero-order valence-corrected chi connectivity index (χ0v) is 11.2. The van der Waals surface area contributed by atoms with Gasteiger partial charge in [-0.1, -0.05) is 16.8 Å². The molecule has 1 aromatic carbocycles. The van der Waals surface area contributed by atoms with E-state index in [-0.39, 0.29) is 10.7 Å². The topological polar surface area (TPSA) is 81.2 Å². The van der Waals surface area contributed by atoms with Crippen molar-refractivity contribution in [2.45, 2.75) is 20.4 Å². The fourth-order valence-electron chi connectivity index (χ4n) is 1.71. The summed E-state index contributed by atoms with van der Waals surface area (Å²) in [6.07, 6.45) is 0. The Morgan fingerprint density at radius 2 is 2.21 bits per heavy atom. The van der Waals surface area contributed by atoms with Gasteiger partial charge in [-0.2, -0.15) is 0 Å². The highest BCUT2D eigenvalue weighted by Crippen LogP contribution is 2.27. The van der Waals surface area contributed by atoms with E-state index >= 15 is 0 Å². The number of benzene rings is 1. The summed E-state index contributed by atoms with van der Waals surface area (Å²) in [6.45, 7) is 4.21. The third-order valence-corrected chi connectivity index (χ3v) is 3.10. The van der Waals surface area contributed by atoms with Crippen molar-refractivity contribution in [1.82, 2.24) is 5.16 Å². The molecule has 0 saturated heterocycles. The Kier molecular flexibility index (Phi) is 3.71. The number of aromatic nitrogens is 1. The van der Waals surface area contributed by atoms with E-state index in [4.69, 9.17) is 16.1 Å². The second kappa shape index (κ2) is 5.27. The summed E-state index contributed by atoms with van der Waals surface area (Å²) in [6, 6.07) is 4.51. The number of halogens is 1. The van der Waals surface area contributed by atoms with Gasteiger partial charge in [0.15, 0.2) is 0 Å². The summed E-state index contributed by atoms with van der Waals surface area (Å²) in [5.41, 5.74) is 2.38. The Balaban J connectivity index is 2.13. The first-order valence-corrected chi connectivity index (χ1v) is 5.96. The van der Waals surface area contributed by atoms with Gasteiger partial charge in [-0.05, 0) is 26.0 Å². The summed E-state index contributed by atoms with van der Waals surface area (Å²) in [4.78, 5) is 10.1. The highest BCUT2D eigenvalue weighted by Gasteiger charge is 2.13. The zero-order chi connectivity index (χ0) is 14.0. The Bertz CT molecular complexity index is 605. The van der Waals surface area contributed by atoms with Crippen molar-refractivity contribution in [1.29, 1.82) is 0 Å². The van der Waals surface area contributed by atoms with E-state index in [2.05, 4.69) is 10.5 Å². The summed E-state index contributed by atoms with van der Waals surface area (Å²) < 4.78 is 5.05. The molecule has 2 rings (SSSR count). The summed E-state index contributed by atoms with van der Waals surface area (Å²) in [5.74, 6) is 0.748. The van der Waals surface area contributed by atoms with Crippen molar-refractivity contribution in [3.8, 4) is 0 Å². The monoisotopic (exact) mass is 281 g/mol. The molecule has 100 valence electrons. The minimum atomic E-state index is -0.513. The lowest BCUT2D eigenvalue weighted by Crippen LogP contribution is -2.01. The molecule has 0 amide bonds. The van der Waals surface area contributed by atoms with E-state index in [1.54, 1.807) is 6.07 Å². The molecule has 0 fully saturated rings. The number of nitro benzene ring substituents is 1. The molecule has 0 aliphatic heterocycles. The first-order valence-electron chi connectivity index (χ1n) is 5.58. The second-order valence-electron chi connectivity index (χ2n) is 4.08. The van der Waals surface area contributed by atoms with Crippen molar-refractivity contribution < 1.29 is 9.45 Å². The maximum absolute atomic E-state index is 10.6. The molecule has 1 heterocycles. The van der Waals surface area contributed by atoms with Gasteiger partial charge in [0.1, 0.15) is 10.8 Å². The van der Waals surface area contributed by atoms with Crippen LogP contribution in [0.2, 0.25) is 5.02 Å². The van der Waals surface area contributed by atoms with Crippen LogP contribution in [0.3, 0.4) is 0 Å². The van der Waals surface area contributed by atoms with Crippen LogP contribution in [0.5, 0.6) is 0 Å².